The smallest absolute Gasteiger partial charge is 0.358 e. The molecule has 0 aliphatic heterocycles. The third kappa shape index (κ3) is 0.932. The van der Waals surface area contributed by atoms with Crippen molar-refractivity contribution in [3.63, 3.8) is 0 Å². The van der Waals surface area contributed by atoms with E-state index in [0.717, 1.165) is 5.52 Å². The van der Waals surface area contributed by atoms with Gasteiger partial charge in [-0.15, -0.1) is 0 Å². The molecule has 68 valence electrons. The molecule has 13 heavy (non-hydrogen) atoms. The van der Waals surface area contributed by atoms with Crippen molar-refractivity contribution in [2.75, 3.05) is 0 Å². The van der Waals surface area contributed by atoms with Gasteiger partial charge in [-0.2, -0.15) is 5.10 Å². The zero-order valence-electron chi connectivity index (χ0n) is 7.35. The highest BCUT2D eigenvalue weighted by atomic mass is 16.4. The molecule has 0 fully saturated rings. The van der Waals surface area contributed by atoms with Crippen LogP contribution in [0.15, 0.2) is 12.3 Å². The number of nitrogens with zero attached hydrogens (tertiary/aromatic N) is 3. The summed E-state index contributed by atoms with van der Waals surface area (Å²) in [4.78, 5) is 10.8. The van der Waals surface area contributed by atoms with Gasteiger partial charge in [-0.3, -0.25) is 4.68 Å². The highest BCUT2D eigenvalue weighted by molar-refractivity contribution is 5.99. The molecule has 0 atom stereocenters. The normalized spacial score (nSPS) is 10.9. The SMILES string of the molecule is Cn1ccc2c1c(C(=O)O)nn2C. The van der Waals surface area contributed by atoms with Crippen LogP contribution in [-0.4, -0.2) is 25.4 Å². The molecule has 0 saturated carbocycles. The predicted molar refractivity (Wildman–Crippen MR) is 46.6 cm³/mol. The second-order valence-corrected chi connectivity index (χ2v) is 2.94. The first-order valence-electron chi connectivity index (χ1n) is 3.82. The largest absolute Gasteiger partial charge is 0.476 e. The average Bonchev–Trinajstić information content (AvgIpc) is 2.55. The Morgan fingerprint density at radius 2 is 2.23 bits per heavy atom. The maximum atomic E-state index is 10.8. The number of carboxylic acid groups (broad SMARTS) is 1. The van der Waals surface area contributed by atoms with Gasteiger partial charge in [0, 0.05) is 20.3 Å². The van der Waals surface area contributed by atoms with E-state index in [-0.39, 0.29) is 5.69 Å². The number of hydrogen-bond acceptors (Lipinski definition) is 2. The molecule has 0 saturated heterocycles. The van der Waals surface area contributed by atoms with Crippen LogP contribution in [0, 0.1) is 0 Å². The molecule has 0 aliphatic rings. The summed E-state index contributed by atoms with van der Waals surface area (Å²) in [5, 5.41) is 12.8. The van der Waals surface area contributed by atoms with Gasteiger partial charge in [-0.05, 0) is 6.07 Å². The zero-order valence-corrected chi connectivity index (χ0v) is 7.35. The van der Waals surface area contributed by atoms with Gasteiger partial charge in [0.1, 0.15) is 5.52 Å². The molecule has 0 spiro atoms. The van der Waals surface area contributed by atoms with Crippen LogP contribution in [0.25, 0.3) is 11.0 Å². The minimum atomic E-state index is -0.993. The number of fused-ring (bicyclic) bond motifs is 1. The number of aromatic nitrogens is 3. The van der Waals surface area contributed by atoms with Crippen molar-refractivity contribution < 1.29 is 9.90 Å². The summed E-state index contributed by atoms with van der Waals surface area (Å²) in [6.45, 7) is 0. The van der Waals surface area contributed by atoms with Gasteiger partial charge < -0.3 is 9.67 Å². The lowest BCUT2D eigenvalue weighted by Gasteiger charge is -1.91. The molecule has 0 aromatic carbocycles. The fourth-order valence-electron chi connectivity index (χ4n) is 1.46. The molecule has 0 amide bonds. The van der Waals surface area contributed by atoms with Crippen molar-refractivity contribution in [1.82, 2.24) is 14.3 Å². The Hall–Kier alpha value is -1.78. The van der Waals surface area contributed by atoms with E-state index < -0.39 is 5.97 Å². The molecule has 2 heterocycles. The van der Waals surface area contributed by atoms with Gasteiger partial charge >= 0.3 is 5.97 Å². The fourth-order valence-corrected chi connectivity index (χ4v) is 1.46. The van der Waals surface area contributed by atoms with E-state index in [0.29, 0.717) is 5.52 Å². The first-order valence-corrected chi connectivity index (χ1v) is 3.82. The summed E-state index contributed by atoms with van der Waals surface area (Å²) in [7, 11) is 3.53. The van der Waals surface area contributed by atoms with Gasteiger partial charge in [0.05, 0.1) is 5.52 Å². The molecular weight excluding hydrogens is 170 g/mol. The number of carboxylic acids is 1. The highest BCUT2D eigenvalue weighted by Gasteiger charge is 2.16. The summed E-state index contributed by atoms with van der Waals surface area (Å²) >= 11 is 0. The summed E-state index contributed by atoms with van der Waals surface area (Å²) in [5.41, 5.74) is 1.60. The summed E-state index contributed by atoms with van der Waals surface area (Å²) in [5.74, 6) is -0.993. The van der Waals surface area contributed by atoms with E-state index >= 15 is 0 Å². The molecule has 1 N–H and O–H groups in total. The zero-order chi connectivity index (χ0) is 9.59. The molecule has 0 unspecified atom stereocenters. The first-order chi connectivity index (χ1) is 6.11. The number of aryl methyl sites for hydroxylation is 2. The van der Waals surface area contributed by atoms with Crippen molar-refractivity contribution in [3.8, 4) is 0 Å². The molecule has 2 rings (SSSR count). The highest BCUT2D eigenvalue weighted by Crippen LogP contribution is 2.17. The molecule has 0 radical (unpaired) electrons. The number of rotatable bonds is 1. The van der Waals surface area contributed by atoms with E-state index in [1.807, 2.05) is 12.3 Å². The maximum absolute atomic E-state index is 10.8. The Bertz CT molecular complexity index is 481. The van der Waals surface area contributed by atoms with E-state index in [9.17, 15) is 4.79 Å². The summed E-state index contributed by atoms with van der Waals surface area (Å²) < 4.78 is 3.32. The van der Waals surface area contributed by atoms with Crippen LogP contribution in [0.4, 0.5) is 0 Å². The van der Waals surface area contributed by atoms with Crippen LogP contribution < -0.4 is 0 Å². The standard InChI is InChI=1S/C8H9N3O2/c1-10-4-3-5-7(10)6(8(12)13)9-11(5)2/h3-4H,1-2H3,(H,12,13). The van der Waals surface area contributed by atoms with Crippen molar-refractivity contribution >= 4 is 17.0 Å². The molecule has 0 aliphatic carbocycles. The van der Waals surface area contributed by atoms with Crippen LogP contribution in [-0.2, 0) is 14.1 Å². The molecule has 2 aromatic rings. The van der Waals surface area contributed by atoms with Crippen LogP contribution in [0.5, 0.6) is 0 Å². The third-order valence-electron chi connectivity index (χ3n) is 2.08. The van der Waals surface area contributed by atoms with Crippen molar-refractivity contribution in [2.24, 2.45) is 14.1 Å². The van der Waals surface area contributed by atoms with Gasteiger partial charge in [-0.1, -0.05) is 0 Å². The van der Waals surface area contributed by atoms with Gasteiger partial charge in [0.25, 0.3) is 0 Å². The third-order valence-corrected chi connectivity index (χ3v) is 2.08. The van der Waals surface area contributed by atoms with E-state index in [1.54, 1.807) is 23.3 Å². The van der Waals surface area contributed by atoms with E-state index in [2.05, 4.69) is 5.10 Å². The minimum Gasteiger partial charge on any atom is -0.476 e. The predicted octanol–water partition coefficient (Wildman–Crippen LogP) is 0.610. The van der Waals surface area contributed by atoms with Gasteiger partial charge in [0.2, 0.25) is 0 Å². The van der Waals surface area contributed by atoms with E-state index in [4.69, 9.17) is 5.11 Å². The summed E-state index contributed by atoms with van der Waals surface area (Å²) in [6, 6.07) is 1.84. The Kier molecular flexibility index (Phi) is 1.42. The Morgan fingerprint density at radius 1 is 1.54 bits per heavy atom. The molecule has 5 heteroatoms. The topological polar surface area (TPSA) is 60.1 Å². The Morgan fingerprint density at radius 3 is 2.85 bits per heavy atom. The van der Waals surface area contributed by atoms with Crippen LogP contribution >= 0.6 is 0 Å². The number of hydrogen-bond donors (Lipinski definition) is 1. The Labute approximate surface area is 74.2 Å². The van der Waals surface area contributed by atoms with Crippen LogP contribution in [0.1, 0.15) is 10.5 Å². The lowest BCUT2D eigenvalue weighted by molar-refractivity contribution is 0.0691. The number of aromatic carboxylic acids is 1. The molecule has 5 nitrogen and oxygen atoms in total. The monoisotopic (exact) mass is 179 g/mol. The second-order valence-electron chi connectivity index (χ2n) is 2.94. The van der Waals surface area contributed by atoms with Crippen molar-refractivity contribution in [1.29, 1.82) is 0 Å². The van der Waals surface area contributed by atoms with Crippen LogP contribution in [0.3, 0.4) is 0 Å². The fraction of sp³-hybridized carbons (Fsp3) is 0.250. The van der Waals surface area contributed by atoms with Gasteiger partial charge in [0.15, 0.2) is 5.69 Å². The number of carbonyl (C=O) groups is 1. The van der Waals surface area contributed by atoms with Gasteiger partial charge in [-0.25, -0.2) is 4.79 Å². The van der Waals surface area contributed by atoms with E-state index in [1.165, 1.54) is 0 Å². The molecule has 0 bridgehead atoms. The second kappa shape index (κ2) is 2.35. The lowest BCUT2D eigenvalue weighted by Crippen LogP contribution is -2.01. The van der Waals surface area contributed by atoms with Crippen LogP contribution in [0.2, 0.25) is 0 Å². The summed E-state index contributed by atoms with van der Waals surface area (Å²) in [6.07, 6.45) is 1.82. The first kappa shape index (κ1) is 7.85. The quantitative estimate of drug-likeness (QED) is 0.697. The molecule has 2 aromatic heterocycles. The lowest BCUT2D eigenvalue weighted by atomic mass is 10.3. The Balaban J connectivity index is 2.89. The molecular formula is C8H9N3O2. The average molecular weight is 179 g/mol. The van der Waals surface area contributed by atoms with Crippen molar-refractivity contribution in [3.05, 3.63) is 18.0 Å². The maximum Gasteiger partial charge on any atom is 0.358 e. The minimum absolute atomic E-state index is 0.102. The van der Waals surface area contributed by atoms with Crippen molar-refractivity contribution in [2.45, 2.75) is 0 Å².